The van der Waals surface area contributed by atoms with Gasteiger partial charge in [0.1, 0.15) is 11.2 Å². The van der Waals surface area contributed by atoms with Crippen LogP contribution in [0.25, 0.3) is 0 Å². The van der Waals surface area contributed by atoms with E-state index >= 15 is 0 Å². The molecule has 1 N–H and O–H groups in total. The van der Waals surface area contributed by atoms with Crippen molar-refractivity contribution in [2.75, 3.05) is 21.3 Å². The SMILES string of the molecule is COC(=O)c1ncn2c1C(=O)N(Cc1ccc(OC)c(OC)c1)[C@@](C)(C(=O)NC1CCCCC1)C2. The summed E-state index contributed by atoms with van der Waals surface area (Å²) in [5.74, 6) is -0.316. The van der Waals surface area contributed by atoms with Crippen molar-refractivity contribution in [3.05, 3.63) is 41.5 Å². The first-order chi connectivity index (χ1) is 16.8. The molecule has 0 saturated heterocycles. The molecule has 0 unspecified atom stereocenters. The lowest BCUT2D eigenvalue weighted by Gasteiger charge is -2.44. The highest BCUT2D eigenvalue weighted by Gasteiger charge is 2.49. The van der Waals surface area contributed by atoms with Gasteiger partial charge in [0.25, 0.3) is 5.91 Å². The number of amides is 2. The van der Waals surface area contributed by atoms with Crippen molar-refractivity contribution in [1.29, 1.82) is 0 Å². The standard InChI is InChI=1S/C25H32N4O6/c1-25(24(32)27-17-8-6-5-7-9-17)14-28-15-26-20(23(31)35-4)21(28)22(30)29(25)13-16-10-11-18(33-2)19(12-16)34-3/h10-12,15,17H,5-9,13-14H2,1-4H3,(H,27,32)/t25-/m1/s1. The molecular formula is C25H32N4O6. The van der Waals surface area contributed by atoms with E-state index in [2.05, 4.69) is 10.3 Å². The van der Waals surface area contributed by atoms with Crippen LogP contribution in [0.1, 0.15) is 65.6 Å². The van der Waals surface area contributed by atoms with E-state index in [1.54, 1.807) is 30.7 Å². The number of fused-ring (bicyclic) bond motifs is 1. The molecule has 2 aliphatic rings. The van der Waals surface area contributed by atoms with Crippen molar-refractivity contribution in [3.63, 3.8) is 0 Å². The average molecular weight is 485 g/mol. The van der Waals surface area contributed by atoms with Crippen molar-refractivity contribution < 1.29 is 28.6 Å². The van der Waals surface area contributed by atoms with Crippen LogP contribution in [0.15, 0.2) is 24.5 Å². The van der Waals surface area contributed by atoms with Gasteiger partial charge in [-0.2, -0.15) is 0 Å². The van der Waals surface area contributed by atoms with E-state index in [1.165, 1.54) is 31.9 Å². The molecule has 10 heteroatoms. The number of hydrogen-bond acceptors (Lipinski definition) is 7. The summed E-state index contributed by atoms with van der Waals surface area (Å²) in [7, 11) is 4.33. The van der Waals surface area contributed by atoms with Crippen molar-refractivity contribution in [2.45, 2.75) is 63.7 Å². The van der Waals surface area contributed by atoms with Gasteiger partial charge in [0.15, 0.2) is 17.2 Å². The number of nitrogens with zero attached hydrogens (tertiary/aromatic N) is 3. The van der Waals surface area contributed by atoms with Gasteiger partial charge in [0.2, 0.25) is 5.91 Å². The minimum absolute atomic E-state index is 0.0652. The maximum Gasteiger partial charge on any atom is 0.359 e. The minimum atomic E-state index is -1.21. The van der Waals surface area contributed by atoms with Crippen LogP contribution < -0.4 is 14.8 Å². The Kier molecular flexibility index (Phi) is 7.00. The molecule has 2 amide bonds. The van der Waals surface area contributed by atoms with Crippen LogP contribution in [0.5, 0.6) is 11.5 Å². The van der Waals surface area contributed by atoms with Crippen molar-refractivity contribution >= 4 is 17.8 Å². The molecule has 1 fully saturated rings. The fraction of sp³-hybridized carbons (Fsp3) is 0.520. The van der Waals surface area contributed by atoms with Gasteiger partial charge in [0, 0.05) is 12.6 Å². The Morgan fingerprint density at radius 3 is 2.49 bits per heavy atom. The van der Waals surface area contributed by atoms with Crippen LogP contribution in [0.3, 0.4) is 0 Å². The summed E-state index contributed by atoms with van der Waals surface area (Å²) < 4.78 is 17.1. The highest BCUT2D eigenvalue weighted by molar-refractivity contribution is 6.06. The molecule has 0 radical (unpaired) electrons. The Bertz CT molecular complexity index is 1120. The molecule has 1 aromatic heterocycles. The third-order valence-corrected chi connectivity index (χ3v) is 6.96. The fourth-order valence-electron chi connectivity index (χ4n) is 4.93. The van der Waals surface area contributed by atoms with Gasteiger partial charge in [-0.05, 0) is 37.5 Å². The topological polar surface area (TPSA) is 112 Å². The Labute approximate surface area is 204 Å². The second-order valence-electron chi connectivity index (χ2n) is 9.22. The normalized spacial score (nSPS) is 20.2. The Hall–Kier alpha value is -3.56. The van der Waals surface area contributed by atoms with Gasteiger partial charge in [0.05, 0.1) is 34.2 Å². The summed E-state index contributed by atoms with van der Waals surface area (Å²) in [6, 6.07) is 5.44. The van der Waals surface area contributed by atoms with E-state index < -0.39 is 17.4 Å². The highest BCUT2D eigenvalue weighted by Crippen LogP contribution is 2.34. The summed E-state index contributed by atoms with van der Waals surface area (Å²) in [6.07, 6.45) is 6.58. The molecule has 35 heavy (non-hydrogen) atoms. The van der Waals surface area contributed by atoms with Crippen molar-refractivity contribution in [3.8, 4) is 11.5 Å². The summed E-state index contributed by atoms with van der Waals surface area (Å²) in [5.41, 5.74) is -0.409. The second kappa shape index (κ2) is 9.97. The molecule has 2 heterocycles. The summed E-state index contributed by atoms with van der Waals surface area (Å²) in [5, 5.41) is 3.17. The van der Waals surface area contributed by atoms with E-state index in [0.717, 1.165) is 31.2 Å². The van der Waals surface area contributed by atoms with Crippen LogP contribution in [0.2, 0.25) is 0 Å². The van der Waals surface area contributed by atoms with Crippen molar-refractivity contribution in [2.24, 2.45) is 0 Å². The van der Waals surface area contributed by atoms with Gasteiger partial charge < -0.3 is 29.0 Å². The van der Waals surface area contributed by atoms with E-state index in [9.17, 15) is 14.4 Å². The molecule has 0 spiro atoms. The molecular weight excluding hydrogens is 452 g/mol. The van der Waals surface area contributed by atoms with E-state index in [1.807, 2.05) is 6.07 Å². The summed E-state index contributed by atoms with van der Waals surface area (Å²) in [4.78, 5) is 45.4. The number of hydrogen-bond donors (Lipinski definition) is 1. The molecule has 1 saturated carbocycles. The number of esters is 1. The monoisotopic (exact) mass is 484 g/mol. The third-order valence-electron chi connectivity index (χ3n) is 6.96. The van der Waals surface area contributed by atoms with Crippen LogP contribution in [0, 0.1) is 0 Å². The van der Waals surface area contributed by atoms with Crippen LogP contribution >= 0.6 is 0 Å². The lowest BCUT2D eigenvalue weighted by molar-refractivity contribution is -0.134. The number of methoxy groups -OCH3 is 3. The molecule has 1 aliphatic heterocycles. The number of nitrogens with one attached hydrogen (secondary N) is 1. The number of carbonyl (C=O) groups excluding carboxylic acids is 3. The maximum absolute atomic E-state index is 13.8. The second-order valence-corrected chi connectivity index (χ2v) is 9.22. The number of rotatable bonds is 7. The summed E-state index contributed by atoms with van der Waals surface area (Å²) in [6.45, 7) is 2.04. The Morgan fingerprint density at radius 1 is 1.11 bits per heavy atom. The first kappa shape index (κ1) is 24.6. The van der Waals surface area contributed by atoms with E-state index in [-0.39, 0.29) is 36.4 Å². The zero-order valence-electron chi connectivity index (χ0n) is 20.6. The van der Waals surface area contributed by atoms with Crippen LogP contribution in [0.4, 0.5) is 0 Å². The van der Waals surface area contributed by atoms with E-state index in [0.29, 0.717) is 11.5 Å². The van der Waals surface area contributed by atoms with Crippen LogP contribution in [-0.2, 0) is 22.6 Å². The largest absolute Gasteiger partial charge is 0.493 e. The maximum atomic E-state index is 13.8. The van der Waals surface area contributed by atoms with Gasteiger partial charge in [-0.1, -0.05) is 25.3 Å². The molecule has 0 bridgehead atoms. The van der Waals surface area contributed by atoms with Gasteiger partial charge in [-0.3, -0.25) is 9.59 Å². The number of benzene rings is 1. The predicted molar refractivity (Wildman–Crippen MR) is 126 cm³/mol. The zero-order chi connectivity index (χ0) is 25.2. The van der Waals surface area contributed by atoms with E-state index in [4.69, 9.17) is 14.2 Å². The predicted octanol–water partition coefficient (Wildman–Crippen LogP) is 2.55. The molecule has 4 rings (SSSR count). The highest BCUT2D eigenvalue weighted by atomic mass is 16.5. The van der Waals surface area contributed by atoms with Crippen LogP contribution in [-0.4, -0.2) is 65.1 Å². The number of aromatic nitrogens is 2. The van der Waals surface area contributed by atoms with Crippen molar-refractivity contribution in [1.82, 2.24) is 19.8 Å². The average Bonchev–Trinajstić information content (AvgIpc) is 3.30. The minimum Gasteiger partial charge on any atom is -0.493 e. The number of imidazole rings is 1. The molecule has 188 valence electrons. The first-order valence-electron chi connectivity index (χ1n) is 11.8. The fourth-order valence-corrected chi connectivity index (χ4v) is 4.93. The quantitative estimate of drug-likeness (QED) is 0.601. The van der Waals surface area contributed by atoms with Gasteiger partial charge >= 0.3 is 5.97 Å². The number of ether oxygens (including phenoxy) is 3. The molecule has 10 nitrogen and oxygen atoms in total. The van der Waals surface area contributed by atoms with Gasteiger partial charge in [-0.25, -0.2) is 9.78 Å². The number of carbonyl (C=O) groups is 3. The lowest BCUT2D eigenvalue weighted by atomic mass is 9.90. The zero-order valence-corrected chi connectivity index (χ0v) is 20.6. The smallest absolute Gasteiger partial charge is 0.359 e. The molecule has 1 atom stereocenters. The molecule has 1 aromatic carbocycles. The summed E-state index contributed by atoms with van der Waals surface area (Å²) >= 11 is 0. The lowest BCUT2D eigenvalue weighted by Crippen LogP contribution is -2.64. The Balaban J connectivity index is 1.72. The third kappa shape index (κ3) is 4.56. The first-order valence-corrected chi connectivity index (χ1v) is 11.8. The molecule has 1 aliphatic carbocycles. The van der Waals surface area contributed by atoms with Gasteiger partial charge in [-0.15, -0.1) is 0 Å². The molecule has 2 aromatic rings. The Morgan fingerprint density at radius 2 is 1.83 bits per heavy atom.